The van der Waals surface area contributed by atoms with Crippen molar-refractivity contribution >= 4 is 32.9 Å². The average Bonchev–Trinajstić information content (AvgIpc) is 2.96. The van der Waals surface area contributed by atoms with E-state index in [-0.39, 0.29) is 0 Å². The van der Waals surface area contributed by atoms with Gasteiger partial charge in [-0.25, -0.2) is 4.98 Å². The van der Waals surface area contributed by atoms with Crippen LogP contribution in [0.5, 0.6) is 0 Å². The predicted molar refractivity (Wildman–Crippen MR) is 80.8 cm³/mol. The molecule has 2 aromatic rings. The van der Waals surface area contributed by atoms with E-state index >= 15 is 0 Å². The number of hydrogen-bond acceptors (Lipinski definition) is 7. The fourth-order valence-electron chi connectivity index (χ4n) is 2.41. The number of anilines is 2. The lowest BCUT2D eigenvalue weighted by Gasteiger charge is -2.33. The zero-order valence-corrected chi connectivity index (χ0v) is 12.7. The SMILES string of the molecule is Cc1nc(N2CCCCC2C)sc1-c1nnc(N)s1. The van der Waals surface area contributed by atoms with Crippen molar-refractivity contribution in [2.75, 3.05) is 17.2 Å². The van der Waals surface area contributed by atoms with Crippen LogP contribution in [0.3, 0.4) is 0 Å². The lowest BCUT2D eigenvalue weighted by atomic mass is 10.1. The van der Waals surface area contributed by atoms with Gasteiger partial charge in [0.1, 0.15) is 0 Å². The highest BCUT2D eigenvalue weighted by Gasteiger charge is 2.23. The number of aryl methyl sites for hydroxylation is 1. The summed E-state index contributed by atoms with van der Waals surface area (Å²) in [4.78, 5) is 8.22. The fourth-order valence-corrected chi connectivity index (χ4v) is 4.34. The first kappa shape index (κ1) is 12.8. The van der Waals surface area contributed by atoms with Crippen LogP contribution in [0.2, 0.25) is 0 Å². The molecule has 1 aliphatic rings. The number of piperidine rings is 1. The molecule has 5 nitrogen and oxygen atoms in total. The zero-order chi connectivity index (χ0) is 13.4. The van der Waals surface area contributed by atoms with Crippen molar-refractivity contribution in [3.05, 3.63) is 5.69 Å². The van der Waals surface area contributed by atoms with Gasteiger partial charge in [-0.1, -0.05) is 22.7 Å². The van der Waals surface area contributed by atoms with Crippen LogP contribution in [-0.4, -0.2) is 27.8 Å². The molecule has 0 saturated carbocycles. The van der Waals surface area contributed by atoms with Crippen molar-refractivity contribution in [3.63, 3.8) is 0 Å². The second-order valence-corrected chi connectivity index (χ2v) is 6.88. The van der Waals surface area contributed by atoms with Crippen LogP contribution in [0.4, 0.5) is 10.3 Å². The quantitative estimate of drug-likeness (QED) is 0.922. The maximum Gasteiger partial charge on any atom is 0.203 e. The molecule has 1 aliphatic heterocycles. The molecule has 1 atom stereocenters. The Balaban J connectivity index is 1.92. The van der Waals surface area contributed by atoms with Crippen molar-refractivity contribution in [1.82, 2.24) is 15.2 Å². The van der Waals surface area contributed by atoms with Gasteiger partial charge in [-0.15, -0.1) is 10.2 Å². The van der Waals surface area contributed by atoms with Crippen LogP contribution in [0.15, 0.2) is 0 Å². The van der Waals surface area contributed by atoms with Crippen molar-refractivity contribution in [2.45, 2.75) is 39.2 Å². The molecule has 102 valence electrons. The molecule has 0 aromatic carbocycles. The monoisotopic (exact) mass is 295 g/mol. The van der Waals surface area contributed by atoms with E-state index < -0.39 is 0 Å². The zero-order valence-electron chi connectivity index (χ0n) is 11.1. The second kappa shape index (κ2) is 5.05. The maximum absolute atomic E-state index is 5.66. The summed E-state index contributed by atoms with van der Waals surface area (Å²) in [6.45, 7) is 5.41. The highest BCUT2D eigenvalue weighted by atomic mass is 32.1. The molecule has 0 amide bonds. The Morgan fingerprint density at radius 2 is 2.11 bits per heavy atom. The van der Waals surface area contributed by atoms with Gasteiger partial charge in [0.05, 0.1) is 10.6 Å². The van der Waals surface area contributed by atoms with Gasteiger partial charge in [0.2, 0.25) is 5.13 Å². The lowest BCUT2D eigenvalue weighted by Crippen LogP contribution is -2.37. The van der Waals surface area contributed by atoms with Crippen LogP contribution >= 0.6 is 22.7 Å². The number of nitrogen functional groups attached to an aromatic ring is 1. The maximum atomic E-state index is 5.66. The molecule has 0 bridgehead atoms. The smallest absolute Gasteiger partial charge is 0.203 e. The summed E-state index contributed by atoms with van der Waals surface area (Å²) < 4.78 is 0. The predicted octanol–water partition coefficient (Wildman–Crippen LogP) is 2.93. The molecule has 1 unspecified atom stereocenters. The third-order valence-electron chi connectivity index (χ3n) is 3.47. The number of nitrogens with two attached hydrogens (primary N) is 1. The highest BCUT2D eigenvalue weighted by molar-refractivity contribution is 7.25. The molecule has 0 spiro atoms. The van der Waals surface area contributed by atoms with Crippen LogP contribution < -0.4 is 10.6 Å². The Morgan fingerprint density at radius 3 is 2.79 bits per heavy atom. The summed E-state index contributed by atoms with van der Waals surface area (Å²) in [5.74, 6) is 0. The summed E-state index contributed by atoms with van der Waals surface area (Å²) in [6.07, 6.45) is 3.82. The van der Waals surface area contributed by atoms with Gasteiger partial charge in [-0.3, -0.25) is 0 Å². The third kappa shape index (κ3) is 2.44. The Bertz CT molecular complexity index is 576. The van der Waals surface area contributed by atoms with Gasteiger partial charge in [0, 0.05) is 12.6 Å². The van der Waals surface area contributed by atoms with E-state index in [0.29, 0.717) is 11.2 Å². The van der Waals surface area contributed by atoms with E-state index in [0.717, 1.165) is 27.3 Å². The van der Waals surface area contributed by atoms with Crippen molar-refractivity contribution in [2.24, 2.45) is 0 Å². The van der Waals surface area contributed by atoms with E-state index in [1.54, 1.807) is 11.3 Å². The van der Waals surface area contributed by atoms with Crippen molar-refractivity contribution in [3.8, 4) is 9.88 Å². The van der Waals surface area contributed by atoms with Crippen LogP contribution in [-0.2, 0) is 0 Å². The standard InChI is InChI=1S/C12H17N5S2/c1-7-5-3-4-6-17(7)12-14-8(2)9(18-12)10-15-16-11(13)19-10/h7H,3-6H2,1-2H3,(H2,13,16). The van der Waals surface area contributed by atoms with Crippen molar-refractivity contribution < 1.29 is 0 Å². The first-order chi connectivity index (χ1) is 9.15. The Kier molecular flexibility index (Phi) is 3.40. The molecule has 2 N–H and O–H groups in total. The van der Waals surface area contributed by atoms with Gasteiger partial charge in [0.25, 0.3) is 0 Å². The van der Waals surface area contributed by atoms with Crippen LogP contribution in [0.1, 0.15) is 31.9 Å². The van der Waals surface area contributed by atoms with Gasteiger partial charge in [0.15, 0.2) is 10.1 Å². The molecule has 3 rings (SSSR count). The largest absolute Gasteiger partial charge is 0.374 e. The fraction of sp³-hybridized carbons (Fsp3) is 0.583. The van der Waals surface area contributed by atoms with Gasteiger partial charge >= 0.3 is 0 Å². The minimum Gasteiger partial charge on any atom is -0.374 e. The van der Waals surface area contributed by atoms with Crippen molar-refractivity contribution in [1.29, 1.82) is 0 Å². The first-order valence-electron chi connectivity index (χ1n) is 6.48. The molecule has 7 heteroatoms. The van der Waals surface area contributed by atoms with Crippen LogP contribution in [0, 0.1) is 6.92 Å². The number of hydrogen-bond donors (Lipinski definition) is 1. The van der Waals surface area contributed by atoms with E-state index in [1.807, 2.05) is 6.92 Å². The Hall–Kier alpha value is -1.21. The molecule has 19 heavy (non-hydrogen) atoms. The number of nitrogens with zero attached hydrogens (tertiary/aromatic N) is 4. The first-order valence-corrected chi connectivity index (χ1v) is 8.12. The minimum atomic E-state index is 0.510. The van der Waals surface area contributed by atoms with Gasteiger partial charge in [-0.05, 0) is 33.1 Å². The highest BCUT2D eigenvalue weighted by Crippen LogP contribution is 2.38. The Labute approximate surface area is 120 Å². The van der Waals surface area contributed by atoms with Crippen LogP contribution in [0.25, 0.3) is 9.88 Å². The minimum absolute atomic E-state index is 0.510. The number of rotatable bonds is 2. The third-order valence-corrected chi connectivity index (χ3v) is 5.57. The van der Waals surface area contributed by atoms with Gasteiger partial charge < -0.3 is 10.6 Å². The molecule has 2 aromatic heterocycles. The average molecular weight is 295 g/mol. The summed E-state index contributed by atoms with van der Waals surface area (Å²) in [5, 5.41) is 10.5. The normalized spacial score (nSPS) is 19.9. The lowest BCUT2D eigenvalue weighted by molar-refractivity contribution is 0.484. The molecule has 3 heterocycles. The topological polar surface area (TPSA) is 67.9 Å². The van der Waals surface area contributed by atoms with E-state index in [4.69, 9.17) is 10.7 Å². The van der Waals surface area contributed by atoms with E-state index in [2.05, 4.69) is 22.0 Å². The van der Waals surface area contributed by atoms with E-state index in [9.17, 15) is 0 Å². The molecular formula is C12H17N5S2. The summed E-state index contributed by atoms with van der Waals surface area (Å²) in [6, 6.07) is 0.576. The molecule has 1 saturated heterocycles. The summed E-state index contributed by atoms with van der Waals surface area (Å²) in [7, 11) is 0. The molecule has 0 aliphatic carbocycles. The summed E-state index contributed by atoms with van der Waals surface area (Å²) in [5.41, 5.74) is 6.68. The second-order valence-electron chi connectivity index (χ2n) is 4.89. The van der Waals surface area contributed by atoms with E-state index in [1.165, 1.54) is 30.6 Å². The van der Waals surface area contributed by atoms with Gasteiger partial charge in [-0.2, -0.15) is 0 Å². The number of aromatic nitrogens is 3. The molecular weight excluding hydrogens is 278 g/mol. The Morgan fingerprint density at radius 1 is 1.26 bits per heavy atom. The number of thiazole rings is 1. The molecule has 0 radical (unpaired) electrons. The summed E-state index contributed by atoms with van der Waals surface area (Å²) >= 11 is 3.13. The molecule has 1 fully saturated rings.